The Labute approximate surface area is 96.2 Å². The maximum atomic E-state index is 11.9. The van der Waals surface area contributed by atoms with Crippen LogP contribution in [0.3, 0.4) is 0 Å². The highest BCUT2D eigenvalue weighted by Crippen LogP contribution is 2.36. The van der Waals surface area contributed by atoms with E-state index >= 15 is 0 Å². The zero-order valence-corrected chi connectivity index (χ0v) is 10.2. The fraction of sp³-hybridized carbons (Fsp3) is 0.615. The van der Waals surface area contributed by atoms with E-state index in [0.717, 1.165) is 18.6 Å². The van der Waals surface area contributed by atoms with Gasteiger partial charge in [-0.25, -0.2) is 0 Å². The maximum absolute atomic E-state index is 11.9. The topological polar surface area (TPSA) is 42.2 Å². The molecule has 1 aliphatic carbocycles. The van der Waals surface area contributed by atoms with Crippen molar-refractivity contribution in [3.05, 3.63) is 23.7 Å². The zero-order valence-electron chi connectivity index (χ0n) is 10.2. The van der Waals surface area contributed by atoms with Crippen LogP contribution in [0.15, 0.2) is 16.7 Å². The molecule has 1 aliphatic rings. The van der Waals surface area contributed by atoms with Gasteiger partial charge in [0.1, 0.15) is 12.0 Å². The molecule has 1 aromatic heterocycles. The van der Waals surface area contributed by atoms with Gasteiger partial charge in [-0.15, -0.1) is 0 Å². The second-order valence-electron chi connectivity index (χ2n) is 5.52. The molecule has 1 fully saturated rings. The highest BCUT2D eigenvalue weighted by Gasteiger charge is 2.31. The van der Waals surface area contributed by atoms with E-state index in [1.54, 1.807) is 6.07 Å². The highest BCUT2D eigenvalue weighted by atomic mass is 16.3. The van der Waals surface area contributed by atoms with Crippen LogP contribution in [0.1, 0.15) is 49.2 Å². The lowest BCUT2D eigenvalue weighted by atomic mass is 9.92. The van der Waals surface area contributed by atoms with Crippen LogP contribution < -0.4 is 5.32 Å². The van der Waals surface area contributed by atoms with Crippen LogP contribution in [0, 0.1) is 12.3 Å². The summed E-state index contributed by atoms with van der Waals surface area (Å²) >= 11 is 0. The normalized spacial score (nSPS) is 23.3. The molecular weight excluding hydrogens is 202 g/mol. The predicted molar refractivity (Wildman–Crippen MR) is 62.3 cm³/mol. The average molecular weight is 221 g/mol. The molecule has 2 rings (SSSR count). The highest BCUT2D eigenvalue weighted by molar-refractivity contribution is 5.94. The van der Waals surface area contributed by atoms with Gasteiger partial charge < -0.3 is 9.73 Å². The molecular formula is C13H19NO2. The van der Waals surface area contributed by atoms with Gasteiger partial charge in [0.15, 0.2) is 0 Å². The lowest BCUT2D eigenvalue weighted by Crippen LogP contribution is -2.33. The van der Waals surface area contributed by atoms with Gasteiger partial charge in [-0.05, 0) is 37.7 Å². The van der Waals surface area contributed by atoms with E-state index < -0.39 is 0 Å². The van der Waals surface area contributed by atoms with E-state index in [9.17, 15) is 4.79 Å². The quantitative estimate of drug-likeness (QED) is 0.834. The lowest BCUT2D eigenvalue weighted by Gasteiger charge is -2.17. The van der Waals surface area contributed by atoms with Crippen LogP contribution in [0.4, 0.5) is 0 Å². The van der Waals surface area contributed by atoms with E-state index in [-0.39, 0.29) is 5.91 Å². The second-order valence-corrected chi connectivity index (χ2v) is 5.52. The molecule has 0 spiro atoms. The average Bonchev–Trinajstić information content (AvgIpc) is 2.73. The van der Waals surface area contributed by atoms with Crippen molar-refractivity contribution in [3.63, 3.8) is 0 Å². The molecule has 1 heterocycles. The van der Waals surface area contributed by atoms with Crippen molar-refractivity contribution in [1.29, 1.82) is 0 Å². The van der Waals surface area contributed by atoms with Crippen LogP contribution in [0.2, 0.25) is 0 Å². The number of amides is 1. The Morgan fingerprint density at radius 2 is 2.31 bits per heavy atom. The molecule has 1 aromatic rings. The Balaban J connectivity index is 1.94. The molecule has 3 nitrogen and oxygen atoms in total. The van der Waals surface area contributed by atoms with Crippen molar-refractivity contribution < 1.29 is 9.21 Å². The van der Waals surface area contributed by atoms with Crippen molar-refractivity contribution in [2.75, 3.05) is 0 Å². The zero-order chi connectivity index (χ0) is 11.8. The van der Waals surface area contributed by atoms with Gasteiger partial charge in [0.05, 0.1) is 5.56 Å². The first-order valence-electron chi connectivity index (χ1n) is 5.82. The summed E-state index contributed by atoms with van der Waals surface area (Å²) < 4.78 is 5.13. The fourth-order valence-electron chi connectivity index (χ4n) is 2.39. The molecule has 1 unspecified atom stereocenters. The van der Waals surface area contributed by atoms with Crippen molar-refractivity contribution in [1.82, 2.24) is 5.32 Å². The number of carbonyl (C=O) groups is 1. The molecule has 3 heteroatoms. The Morgan fingerprint density at radius 1 is 1.56 bits per heavy atom. The summed E-state index contributed by atoms with van der Waals surface area (Å²) in [7, 11) is 0. The Morgan fingerprint density at radius 3 is 2.81 bits per heavy atom. The van der Waals surface area contributed by atoms with E-state index in [4.69, 9.17) is 4.42 Å². The van der Waals surface area contributed by atoms with Crippen molar-refractivity contribution >= 4 is 5.91 Å². The first kappa shape index (κ1) is 11.2. The van der Waals surface area contributed by atoms with Gasteiger partial charge in [0.25, 0.3) is 5.91 Å². The summed E-state index contributed by atoms with van der Waals surface area (Å²) in [6.45, 7) is 6.35. The number of hydrogen-bond donors (Lipinski definition) is 1. The van der Waals surface area contributed by atoms with Gasteiger partial charge in [0, 0.05) is 6.04 Å². The molecule has 0 aliphatic heterocycles. The molecule has 0 saturated heterocycles. The third-order valence-corrected chi connectivity index (χ3v) is 3.30. The molecule has 1 N–H and O–H groups in total. The SMILES string of the molecule is Cc1cc(C(=O)NC2CCC(C)(C)C2)co1. The minimum Gasteiger partial charge on any atom is -0.469 e. The van der Waals surface area contributed by atoms with E-state index in [0.29, 0.717) is 17.0 Å². The number of aryl methyl sites for hydroxylation is 1. The monoisotopic (exact) mass is 221 g/mol. The van der Waals surface area contributed by atoms with Gasteiger partial charge in [0.2, 0.25) is 0 Å². The number of hydrogen-bond acceptors (Lipinski definition) is 2. The molecule has 88 valence electrons. The van der Waals surface area contributed by atoms with Crippen LogP contribution in [-0.4, -0.2) is 11.9 Å². The molecule has 1 amide bonds. The third-order valence-electron chi connectivity index (χ3n) is 3.30. The van der Waals surface area contributed by atoms with Gasteiger partial charge in [-0.2, -0.15) is 0 Å². The van der Waals surface area contributed by atoms with Crippen LogP contribution in [0.5, 0.6) is 0 Å². The first-order valence-corrected chi connectivity index (χ1v) is 5.82. The number of furan rings is 1. The first-order chi connectivity index (χ1) is 7.46. The summed E-state index contributed by atoms with van der Waals surface area (Å²) in [5.74, 6) is 0.761. The summed E-state index contributed by atoms with van der Waals surface area (Å²) in [4.78, 5) is 11.9. The van der Waals surface area contributed by atoms with Gasteiger partial charge in [-0.1, -0.05) is 13.8 Å². The minimum absolute atomic E-state index is 0.0143. The molecule has 16 heavy (non-hydrogen) atoms. The summed E-state index contributed by atoms with van der Waals surface area (Å²) in [6, 6.07) is 2.09. The van der Waals surface area contributed by atoms with E-state index in [1.807, 2.05) is 6.92 Å². The maximum Gasteiger partial charge on any atom is 0.254 e. The van der Waals surface area contributed by atoms with E-state index in [1.165, 1.54) is 12.7 Å². The van der Waals surface area contributed by atoms with Crippen molar-refractivity contribution in [3.8, 4) is 0 Å². The summed E-state index contributed by atoms with van der Waals surface area (Å²) in [6.07, 6.45) is 4.85. The fourth-order valence-corrected chi connectivity index (χ4v) is 2.39. The summed E-state index contributed by atoms with van der Waals surface area (Å²) in [5, 5.41) is 3.07. The number of nitrogens with one attached hydrogen (secondary N) is 1. The van der Waals surface area contributed by atoms with Crippen LogP contribution in [-0.2, 0) is 0 Å². The Hall–Kier alpha value is -1.25. The third kappa shape index (κ3) is 2.46. The molecule has 0 radical (unpaired) electrons. The number of carbonyl (C=O) groups excluding carboxylic acids is 1. The Bertz CT molecular complexity index is 392. The van der Waals surface area contributed by atoms with Crippen LogP contribution >= 0.6 is 0 Å². The van der Waals surface area contributed by atoms with Crippen molar-refractivity contribution in [2.24, 2.45) is 5.41 Å². The summed E-state index contributed by atoms with van der Waals surface area (Å²) in [5.41, 5.74) is 0.992. The number of rotatable bonds is 2. The Kier molecular flexibility index (Phi) is 2.78. The van der Waals surface area contributed by atoms with E-state index in [2.05, 4.69) is 19.2 Å². The van der Waals surface area contributed by atoms with Gasteiger partial charge in [-0.3, -0.25) is 4.79 Å². The standard InChI is InChI=1S/C13H19NO2/c1-9-6-10(8-16-9)12(15)14-11-4-5-13(2,3)7-11/h6,8,11H,4-5,7H2,1-3H3,(H,14,15). The largest absolute Gasteiger partial charge is 0.469 e. The molecule has 0 bridgehead atoms. The van der Waals surface area contributed by atoms with Crippen molar-refractivity contribution in [2.45, 2.75) is 46.1 Å². The molecule has 1 atom stereocenters. The predicted octanol–water partition coefficient (Wildman–Crippen LogP) is 2.90. The second kappa shape index (κ2) is 3.96. The smallest absolute Gasteiger partial charge is 0.254 e. The van der Waals surface area contributed by atoms with Crippen LogP contribution in [0.25, 0.3) is 0 Å². The lowest BCUT2D eigenvalue weighted by molar-refractivity contribution is 0.0935. The minimum atomic E-state index is -0.0143. The van der Waals surface area contributed by atoms with Gasteiger partial charge >= 0.3 is 0 Å². The molecule has 1 saturated carbocycles. The molecule has 0 aromatic carbocycles.